The molecule has 0 aliphatic carbocycles. The third kappa shape index (κ3) is 3.77. The summed E-state index contributed by atoms with van der Waals surface area (Å²) < 4.78 is 26.7. The number of carbonyl (C=O) groups is 1. The van der Waals surface area contributed by atoms with E-state index in [1.54, 1.807) is 0 Å². The Morgan fingerprint density at radius 3 is 2.67 bits per heavy atom. The molecule has 0 heterocycles. The van der Waals surface area contributed by atoms with Gasteiger partial charge in [0.05, 0.1) is 11.7 Å². The molecule has 0 aliphatic rings. The van der Waals surface area contributed by atoms with E-state index in [0.29, 0.717) is 6.42 Å². The van der Waals surface area contributed by atoms with Crippen LogP contribution in [0.4, 0.5) is 14.5 Å². The fourth-order valence-corrected chi connectivity index (χ4v) is 1.52. The normalized spacial score (nSPS) is 12.3. The van der Waals surface area contributed by atoms with E-state index in [9.17, 15) is 13.6 Å². The number of benzene rings is 1. The van der Waals surface area contributed by atoms with Gasteiger partial charge in [-0.2, -0.15) is 0 Å². The van der Waals surface area contributed by atoms with Gasteiger partial charge in [0.25, 0.3) is 0 Å². The molecule has 100 valence electrons. The van der Waals surface area contributed by atoms with Crippen molar-refractivity contribution >= 4 is 11.6 Å². The van der Waals surface area contributed by atoms with Crippen LogP contribution < -0.4 is 11.1 Å². The minimum atomic E-state index is -0.700. The number of carbonyl (C=O) groups excluding carboxylic acids is 1. The van der Waals surface area contributed by atoms with Crippen molar-refractivity contribution in [2.75, 3.05) is 5.32 Å². The number of nitrogens with two attached hydrogens (primary N) is 1. The number of anilines is 1. The SMILES string of the molecule is CCCC[C@H](N)C(=O)Nc1cc(F)c(C)cc1F. The second kappa shape index (κ2) is 6.44. The summed E-state index contributed by atoms with van der Waals surface area (Å²) in [6.45, 7) is 3.44. The highest BCUT2D eigenvalue weighted by Crippen LogP contribution is 2.19. The fraction of sp³-hybridized carbons (Fsp3) is 0.462. The summed E-state index contributed by atoms with van der Waals surface area (Å²) in [6.07, 6.45) is 2.27. The summed E-state index contributed by atoms with van der Waals surface area (Å²) in [5, 5.41) is 2.31. The Morgan fingerprint density at radius 1 is 1.39 bits per heavy atom. The van der Waals surface area contributed by atoms with E-state index in [1.165, 1.54) is 6.92 Å². The Kier molecular flexibility index (Phi) is 5.22. The van der Waals surface area contributed by atoms with Crippen LogP contribution in [-0.4, -0.2) is 11.9 Å². The van der Waals surface area contributed by atoms with Gasteiger partial charge in [0.15, 0.2) is 0 Å². The molecule has 1 aromatic carbocycles. The van der Waals surface area contributed by atoms with E-state index in [2.05, 4.69) is 5.32 Å². The second-order valence-electron chi connectivity index (χ2n) is 4.32. The summed E-state index contributed by atoms with van der Waals surface area (Å²) in [5.74, 6) is -1.72. The zero-order chi connectivity index (χ0) is 13.7. The first kappa shape index (κ1) is 14.6. The third-order valence-corrected chi connectivity index (χ3v) is 2.71. The van der Waals surface area contributed by atoms with Gasteiger partial charge in [-0.15, -0.1) is 0 Å². The Balaban J connectivity index is 2.72. The summed E-state index contributed by atoms with van der Waals surface area (Å²) in [7, 11) is 0. The number of hydrogen-bond donors (Lipinski definition) is 2. The van der Waals surface area contributed by atoms with E-state index in [1.807, 2.05) is 6.92 Å². The maximum Gasteiger partial charge on any atom is 0.241 e. The van der Waals surface area contributed by atoms with Gasteiger partial charge in [-0.3, -0.25) is 4.79 Å². The van der Waals surface area contributed by atoms with Crippen molar-refractivity contribution in [2.45, 2.75) is 39.2 Å². The zero-order valence-corrected chi connectivity index (χ0v) is 10.6. The minimum Gasteiger partial charge on any atom is -0.322 e. The van der Waals surface area contributed by atoms with Crippen LogP contribution in [0.25, 0.3) is 0 Å². The largest absolute Gasteiger partial charge is 0.322 e. The molecule has 0 fully saturated rings. The molecule has 0 spiro atoms. The van der Waals surface area contributed by atoms with Gasteiger partial charge in [0.2, 0.25) is 5.91 Å². The number of unbranched alkanes of at least 4 members (excludes halogenated alkanes) is 1. The lowest BCUT2D eigenvalue weighted by Crippen LogP contribution is -2.35. The Labute approximate surface area is 105 Å². The third-order valence-electron chi connectivity index (χ3n) is 2.71. The smallest absolute Gasteiger partial charge is 0.241 e. The van der Waals surface area contributed by atoms with E-state index in [4.69, 9.17) is 5.73 Å². The van der Waals surface area contributed by atoms with Crippen molar-refractivity contribution in [1.82, 2.24) is 0 Å². The Hall–Kier alpha value is -1.49. The van der Waals surface area contributed by atoms with Crippen LogP contribution in [0.2, 0.25) is 0 Å². The predicted molar refractivity (Wildman–Crippen MR) is 67.2 cm³/mol. The van der Waals surface area contributed by atoms with Crippen molar-refractivity contribution in [2.24, 2.45) is 5.73 Å². The van der Waals surface area contributed by atoms with Crippen LogP contribution in [-0.2, 0) is 4.79 Å². The molecule has 0 aromatic heterocycles. The highest BCUT2D eigenvalue weighted by Gasteiger charge is 2.15. The van der Waals surface area contributed by atoms with E-state index < -0.39 is 23.6 Å². The lowest BCUT2D eigenvalue weighted by atomic mass is 10.1. The predicted octanol–water partition coefficient (Wildman–Crippen LogP) is 2.73. The monoisotopic (exact) mass is 256 g/mol. The minimum absolute atomic E-state index is 0.171. The molecule has 0 radical (unpaired) electrons. The first-order valence-electron chi connectivity index (χ1n) is 5.97. The number of rotatable bonds is 5. The van der Waals surface area contributed by atoms with Crippen molar-refractivity contribution in [3.63, 3.8) is 0 Å². The van der Waals surface area contributed by atoms with E-state index in [-0.39, 0.29) is 11.3 Å². The van der Waals surface area contributed by atoms with Crippen molar-refractivity contribution in [3.8, 4) is 0 Å². The van der Waals surface area contributed by atoms with Crippen molar-refractivity contribution < 1.29 is 13.6 Å². The van der Waals surface area contributed by atoms with E-state index in [0.717, 1.165) is 25.0 Å². The molecule has 0 unspecified atom stereocenters. The van der Waals surface area contributed by atoms with Gasteiger partial charge in [-0.25, -0.2) is 8.78 Å². The molecule has 0 aliphatic heterocycles. The van der Waals surface area contributed by atoms with Gasteiger partial charge < -0.3 is 11.1 Å². The maximum atomic E-state index is 13.5. The number of aryl methyl sites for hydroxylation is 1. The molecule has 18 heavy (non-hydrogen) atoms. The quantitative estimate of drug-likeness (QED) is 0.851. The lowest BCUT2D eigenvalue weighted by molar-refractivity contribution is -0.117. The van der Waals surface area contributed by atoms with Crippen LogP contribution in [0.15, 0.2) is 12.1 Å². The van der Waals surface area contributed by atoms with Crippen LogP contribution in [0.3, 0.4) is 0 Å². The van der Waals surface area contributed by atoms with Gasteiger partial charge in [-0.05, 0) is 25.0 Å². The van der Waals surface area contributed by atoms with Crippen molar-refractivity contribution in [3.05, 3.63) is 29.3 Å². The molecule has 1 aromatic rings. The first-order chi connectivity index (χ1) is 8.45. The Bertz CT molecular complexity index is 435. The molecule has 0 bridgehead atoms. The molecule has 0 saturated carbocycles. The summed E-state index contributed by atoms with van der Waals surface area (Å²) in [4.78, 5) is 11.6. The number of amides is 1. The molecule has 1 rings (SSSR count). The molecular formula is C13H18F2N2O. The highest BCUT2D eigenvalue weighted by atomic mass is 19.1. The first-order valence-corrected chi connectivity index (χ1v) is 5.97. The molecule has 0 saturated heterocycles. The molecule has 5 heteroatoms. The molecule has 1 amide bonds. The van der Waals surface area contributed by atoms with Gasteiger partial charge in [0.1, 0.15) is 11.6 Å². The number of nitrogens with one attached hydrogen (secondary N) is 1. The molecule has 3 N–H and O–H groups in total. The Morgan fingerprint density at radius 2 is 2.06 bits per heavy atom. The molecular weight excluding hydrogens is 238 g/mol. The zero-order valence-electron chi connectivity index (χ0n) is 10.6. The summed E-state index contributed by atoms with van der Waals surface area (Å²) in [6, 6.07) is 1.31. The highest BCUT2D eigenvalue weighted by molar-refractivity contribution is 5.94. The van der Waals surface area contributed by atoms with Crippen LogP contribution in [0, 0.1) is 18.6 Å². The average Bonchev–Trinajstić information content (AvgIpc) is 2.32. The number of halogens is 2. The molecule has 3 nitrogen and oxygen atoms in total. The number of hydrogen-bond acceptors (Lipinski definition) is 2. The van der Waals surface area contributed by atoms with Crippen LogP contribution in [0.1, 0.15) is 31.7 Å². The standard InChI is InChI=1S/C13H18F2N2O/c1-3-4-5-11(16)13(18)17-12-7-9(14)8(2)6-10(12)15/h6-7,11H,3-5,16H2,1-2H3,(H,17,18)/t11-/m0/s1. The fourth-order valence-electron chi connectivity index (χ4n) is 1.52. The van der Waals surface area contributed by atoms with Crippen molar-refractivity contribution in [1.29, 1.82) is 0 Å². The van der Waals surface area contributed by atoms with Gasteiger partial charge >= 0.3 is 0 Å². The van der Waals surface area contributed by atoms with Crippen LogP contribution in [0.5, 0.6) is 0 Å². The van der Waals surface area contributed by atoms with Gasteiger partial charge in [-0.1, -0.05) is 19.8 Å². The second-order valence-corrected chi connectivity index (χ2v) is 4.32. The lowest BCUT2D eigenvalue weighted by Gasteiger charge is -2.12. The summed E-state index contributed by atoms with van der Waals surface area (Å²) >= 11 is 0. The topological polar surface area (TPSA) is 55.1 Å². The maximum absolute atomic E-state index is 13.5. The molecule has 1 atom stereocenters. The average molecular weight is 256 g/mol. The van der Waals surface area contributed by atoms with Crippen LogP contribution >= 0.6 is 0 Å². The summed E-state index contributed by atoms with van der Waals surface area (Å²) in [5.41, 5.74) is 5.66. The van der Waals surface area contributed by atoms with Gasteiger partial charge in [0, 0.05) is 6.07 Å². The van der Waals surface area contributed by atoms with E-state index >= 15 is 0 Å².